The van der Waals surface area contributed by atoms with Gasteiger partial charge in [0.25, 0.3) is 0 Å². The van der Waals surface area contributed by atoms with E-state index in [-0.39, 0.29) is 0 Å². The van der Waals surface area contributed by atoms with Crippen molar-refractivity contribution in [3.8, 4) is 0 Å². The van der Waals surface area contributed by atoms with E-state index in [1.165, 1.54) is 84.1 Å². The summed E-state index contributed by atoms with van der Waals surface area (Å²) in [7, 11) is 0. The summed E-state index contributed by atoms with van der Waals surface area (Å²) in [5, 5.41) is 3.74. The van der Waals surface area contributed by atoms with Crippen LogP contribution in [0.2, 0.25) is 0 Å². The minimum Gasteiger partial charge on any atom is -0.316 e. The van der Waals surface area contributed by atoms with Gasteiger partial charge in [0.05, 0.1) is 0 Å². The van der Waals surface area contributed by atoms with Crippen molar-refractivity contribution in [2.24, 2.45) is 17.3 Å². The maximum atomic E-state index is 3.74. The molecule has 0 unspecified atom stereocenters. The van der Waals surface area contributed by atoms with Gasteiger partial charge in [0.15, 0.2) is 0 Å². The lowest BCUT2D eigenvalue weighted by atomic mass is 9.70. The molecular weight excluding hydrogens is 256 g/mol. The van der Waals surface area contributed by atoms with Gasteiger partial charge in [-0.25, -0.2) is 0 Å². The molecule has 0 atom stereocenters. The van der Waals surface area contributed by atoms with Crippen LogP contribution in [0.4, 0.5) is 0 Å². The molecule has 2 rings (SSSR count). The van der Waals surface area contributed by atoms with Gasteiger partial charge in [-0.15, -0.1) is 0 Å². The van der Waals surface area contributed by atoms with Crippen molar-refractivity contribution < 1.29 is 0 Å². The smallest absolute Gasteiger partial charge is 0.00501 e. The summed E-state index contributed by atoms with van der Waals surface area (Å²) in [4.78, 5) is 2.79. The van der Waals surface area contributed by atoms with Gasteiger partial charge >= 0.3 is 0 Å². The topological polar surface area (TPSA) is 15.3 Å². The molecule has 1 aliphatic heterocycles. The quantitative estimate of drug-likeness (QED) is 0.704. The number of hydrogen-bond acceptors (Lipinski definition) is 2. The monoisotopic (exact) mass is 294 g/mol. The van der Waals surface area contributed by atoms with E-state index in [4.69, 9.17) is 0 Å². The molecule has 0 bridgehead atoms. The summed E-state index contributed by atoms with van der Waals surface area (Å²) in [6.07, 6.45) is 11.3. The molecule has 2 nitrogen and oxygen atoms in total. The zero-order chi connectivity index (χ0) is 15.1. The number of piperidine rings is 1. The van der Waals surface area contributed by atoms with Crippen LogP contribution in [0.5, 0.6) is 0 Å². The normalized spacial score (nSPS) is 32.4. The van der Waals surface area contributed by atoms with E-state index in [9.17, 15) is 0 Å². The second-order valence-corrected chi connectivity index (χ2v) is 7.99. The van der Waals surface area contributed by atoms with Gasteiger partial charge < -0.3 is 10.2 Å². The summed E-state index contributed by atoms with van der Waals surface area (Å²) in [6.45, 7) is 13.6. The summed E-state index contributed by atoms with van der Waals surface area (Å²) in [6, 6.07) is 0. The molecule has 0 aromatic heterocycles. The van der Waals surface area contributed by atoms with Crippen LogP contribution >= 0.6 is 0 Å². The van der Waals surface area contributed by atoms with E-state index in [1.54, 1.807) is 0 Å². The zero-order valence-electron chi connectivity index (χ0n) is 14.8. The van der Waals surface area contributed by atoms with Crippen molar-refractivity contribution >= 4 is 0 Å². The summed E-state index contributed by atoms with van der Waals surface area (Å²) in [5.41, 5.74) is 0.570. The Balaban J connectivity index is 1.86. The Labute approximate surface area is 133 Å². The Hall–Kier alpha value is -0.0800. The number of hydrogen-bond donors (Lipinski definition) is 1. The number of likely N-dealkylation sites (tertiary alicyclic amines) is 1. The third-order valence-corrected chi connectivity index (χ3v) is 6.11. The number of nitrogens with one attached hydrogen (secondary N) is 1. The molecule has 1 saturated heterocycles. The molecule has 0 aromatic carbocycles. The highest BCUT2D eigenvalue weighted by Crippen LogP contribution is 2.39. The second kappa shape index (κ2) is 8.53. The fourth-order valence-electron chi connectivity index (χ4n) is 4.32. The van der Waals surface area contributed by atoms with Crippen molar-refractivity contribution in [1.82, 2.24) is 10.2 Å². The van der Waals surface area contributed by atoms with Crippen LogP contribution in [-0.2, 0) is 0 Å². The van der Waals surface area contributed by atoms with Gasteiger partial charge in [-0.3, -0.25) is 0 Å². The molecular formula is C19H38N2. The maximum Gasteiger partial charge on any atom is 0.00501 e. The van der Waals surface area contributed by atoms with Gasteiger partial charge in [0.1, 0.15) is 0 Å². The molecule has 21 heavy (non-hydrogen) atoms. The Morgan fingerprint density at radius 3 is 2.29 bits per heavy atom. The molecule has 1 heterocycles. The van der Waals surface area contributed by atoms with Gasteiger partial charge in [0.2, 0.25) is 0 Å². The SMILES string of the molecule is CCCNCC1(CN2CCC(CC)CC2)CCC(C)CC1. The van der Waals surface area contributed by atoms with Gasteiger partial charge in [-0.1, -0.05) is 40.0 Å². The van der Waals surface area contributed by atoms with E-state index in [1.807, 2.05) is 0 Å². The highest BCUT2D eigenvalue weighted by molar-refractivity contribution is 4.90. The summed E-state index contributed by atoms with van der Waals surface area (Å²) < 4.78 is 0. The molecule has 0 radical (unpaired) electrons. The standard InChI is InChI=1S/C19H38N2/c1-4-12-20-15-19(10-6-17(3)7-11-19)16-21-13-8-18(5-2)9-14-21/h17-18,20H,4-16H2,1-3H3. The van der Waals surface area contributed by atoms with Gasteiger partial charge in [-0.2, -0.15) is 0 Å². The van der Waals surface area contributed by atoms with Gasteiger partial charge in [-0.05, 0) is 69.0 Å². The average Bonchev–Trinajstić information content (AvgIpc) is 2.51. The second-order valence-electron chi connectivity index (χ2n) is 7.99. The first kappa shape index (κ1) is 17.3. The molecule has 124 valence electrons. The maximum absolute atomic E-state index is 3.74. The van der Waals surface area contributed by atoms with Crippen molar-refractivity contribution in [1.29, 1.82) is 0 Å². The first-order valence-electron chi connectivity index (χ1n) is 9.60. The van der Waals surface area contributed by atoms with Crippen LogP contribution in [0.25, 0.3) is 0 Å². The number of nitrogens with zero attached hydrogens (tertiary/aromatic N) is 1. The Morgan fingerprint density at radius 1 is 1.05 bits per heavy atom. The lowest BCUT2D eigenvalue weighted by Gasteiger charge is -2.44. The van der Waals surface area contributed by atoms with Crippen molar-refractivity contribution in [3.05, 3.63) is 0 Å². The highest BCUT2D eigenvalue weighted by atomic mass is 15.1. The summed E-state index contributed by atoms with van der Waals surface area (Å²) in [5.74, 6) is 1.96. The van der Waals surface area contributed by atoms with Crippen LogP contribution in [0.1, 0.15) is 72.1 Å². The lowest BCUT2D eigenvalue weighted by molar-refractivity contribution is 0.0659. The molecule has 1 saturated carbocycles. The lowest BCUT2D eigenvalue weighted by Crippen LogP contribution is -2.48. The van der Waals surface area contributed by atoms with Crippen LogP contribution in [0.3, 0.4) is 0 Å². The Bertz CT molecular complexity index is 273. The Kier molecular flexibility index (Phi) is 7.01. The molecule has 0 aromatic rings. The molecule has 1 aliphatic carbocycles. The molecule has 0 amide bonds. The van der Waals surface area contributed by atoms with Crippen molar-refractivity contribution in [3.63, 3.8) is 0 Å². The van der Waals surface area contributed by atoms with Crippen LogP contribution < -0.4 is 5.32 Å². The number of rotatable bonds is 7. The molecule has 1 N–H and O–H groups in total. The molecule has 2 fully saturated rings. The molecule has 2 heteroatoms. The van der Waals surface area contributed by atoms with Crippen molar-refractivity contribution in [2.75, 3.05) is 32.7 Å². The van der Waals surface area contributed by atoms with Crippen LogP contribution in [0, 0.1) is 17.3 Å². The summed E-state index contributed by atoms with van der Waals surface area (Å²) >= 11 is 0. The third-order valence-electron chi connectivity index (χ3n) is 6.11. The average molecular weight is 295 g/mol. The predicted molar refractivity (Wildman–Crippen MR) is 92.7 cm³/mol. The van der Waals surface area contributed by atoms with Crippen LogP contribution in [0.15, 0.2) is 0 Å². The third kappa shape index (κ3) is 5.25. The van der Waals surface area contributed by atoms with E-state index < -0.39 is 0 Å². The molecule has 0 spiro atoms. The fraction of sp³-hybridized carbons (Fsp3) is 1.00. The largest absolute Gasteiger partial charge is 0.316 e. The van der Waals surface area contributed by atoms with E-state index in [0.717, 1.165) is 11.8 Å². The minimum atomic E-state index is 0.570. The van der Waals surface area contributed by atoms with Crippen molar-refractivity contribution in [2.45, 2.75) is 72.1 Å². The van der Waals surface area contributed by atoms with E-state index >= 15 is 0 Å². The Morgan fingerprint density at radius 2 is 1.71 bits per heavy atom. The first-order chi connectivity index (χ1) is 10.2. The zero-order valence-corrected chi connectivity index (χ0v) is 14.8. The van der Waals surface area contributed by atoms with E-state index in [2.05, 4.69) is 31.0 Å². The highest BCUT2D eigenvalue weighted by Gasteiger charge is 2.36. The van der Waals surface area contributed by atoms with Gasteiger partial charge in [0, 0.05) is 13.1 Å². The van der Waals surface area contributed by atoms with E-state index in [0.29, 0.717) is 5.41 Å². The molecule has 2 aliphatic rings. The first-order valence-corrected chi connectivity index (χ1v) is 9.60. The minimum absolute atomic E-state index is 0.570. The predicted octanol–water partition coefficient (Wildman–Crippen LogP) is 4.30. The van der Waals surface area contributed by atoms with Crippen LogP contribution in [-0.4, -0.2) is 37.6 Å². The fourth-order valence-corrected chi connectivity index (χ4v) is 4.32.